The maximum atomic E-state index is 11.5. The molecule has 0 saturated carbocycles. The summed E-state index contributed by atoms with van der Waals surface area (Å²) in [6.45, 7) is 5.47. The van der Waals surface area contributed by atoms with Crippen LogP contribution in [0.15, 0.2) is 36.7 Å². The Morgan fingerprint density at radius 2 is 2.00 bits per heavy atom. The molecule has 20 heavy (non-hydrogen) atoms. The van der Waals surface area contributed by atoms with Gasteiger partial charge < -0.3 is 14.0 Å². The number of hydrogen-bond acceptors (Lipinski definition) is 4. The minimum absolute atomic E-state index is 0.319. The van der Waals surface area contributed by atoms with E-state index in [4.69, 9.17) is 9.47 Å². The third kappa shape index (κ3) is 3.38. The molecule has 0 spiro atoms. The molecule has 1 aromatic heterocycles. The van der Waals surface area contributed by atoms with Crippen molar-refractivity contribution in [2.75, 3.05) is 6.61 Å². The summed E-state index contributed by atoms with van der Waals surface area (Å²) in [5.41, 5.74) is 0.522. The van der Waals surface area contributed by atoms with E-state index < -0.39 is 0 Å². The largest absolute Gasteiger partial charge is 0.486 e. The molecule has 0 atom stereocenters. The predicted molar refractivity (Wildman–Crippen MR) is 74.6 cm³/mol. The Hall–Kier alpha value is -2.30. The molecule has 1 heterocycles. The minimum atomic E-state index is -0.319. The normalized spacial score (nSPS) is 10.3. The lowest BCUT2D eigenvalue weighted by molar-refractivity contribution is 0.0526. The molecule has 5 heteroatoms. The SMILES string of the molecule is CCOC(=O)c1ccc(OCc2nccn2CC)cc1. The first-order valence-electron chi connectivity index (χ1n) is 6.64. The highest BCUT2D eigenvalue weighted by Crippen LogP contribution is 2.14. The van der Waals surface area contributed by atoms with Gasteiger partial charge in [0.15, 0.2) is 0 Å². The van der Waals surface area contributed by atoms with Gasteiger partial charge in [0.05, 0.1) is 12.2 Å². The summed E-state index contributed by atoms with van der Waals surface area (Å²) in [4.78, 5) is 15.7. The molecule has 0 radical (unpaired) electrons. The van der Waals surface area contributed by atoms with Gasteiger partial charge in [-0.3, -0.25) is 0 Å². The smallest absolute Gasteiger partial charge is 0.338 e. The zero-order valence-corrected chi connectivity index (χ0v) is 11.7. The molecule has 0 unspecified atom stereocenters. The summed E-state index contributed by atoms with van der Waals surface area (Å²) in [7, 11) is 0. The van der Waals surface area contributed by atoms with Crippen LogP contribution in [0.4, 0.5) is 0 Å². The molecule has 5 nitrogen and oxygen atoms in total. The van der Waals surface area contributed by atoms with Crippen molar-refractivity contribution in [2.24, 2.45) is 0 Å². The summed E-state index contributed by atoms with van der Waals surface area (Å²) in [5, 5.41) is 0. The average molecular weight is 274 g/mol. The van der Waals surface area contributed by atoms with Gasteiger partial charge in [-0.05, 0) is 38.1 Å². The van der Waals surface area contributed by atoms with Gasteiger partial charge in [0.2, 0.25) is 0 Å². The van der Waals surface area contributed by atoms with Crippen LogP contribution in [0.25, 0.3) is 0 Å². The zero-order valence-electron chi connectivity index (χ0n) is 11.7. The number of esters is 1. The number of rotatable bonds is 6. The first kappa shape index (κ1) is 14.1. The third-order valence-electron chi connectivity index (χ3n) is 2.88. The molecule has 0 amide bonds. The number of hydrogen-bond donors (Lipinski definition) is 0. The Morgan fingerprint density at radius 3 is 2.65 bits per heavy atom. The Kier molecular flexibility index (Phi) is 4.76. The lowest BCUT2D eigenvalue weighted by Gasteiger charge is -2.08. The number of benzene rings is 1. The molecule has 1 aromatic carbocycles. The van der Waals surface area contributed by atoms with Crippen molar-refractivity contribution in [3.63, 3.8) is 0 Å². The highest BCUT2D eigenvalue weighted by Gasteiger charge is 2.07. The van der Waals surface area contributed by atoms with E-state index >= 15 is 0 Å². The van der Waals surface area contributed by atoms with Crippen molar-refractivity contribution in [3.8, 4) is 5.75 Å². The Balaban J connectivity index is 1.95. The second-order valence-corrected chi connectivity index (χ2v) is 4.16. The second kappa shape index (κ2) is 6.75. The lowest BCUT2D eigenvalue weighted by Crippen LogP contribution is -2.06. The van der Waals surface area contributed by atoms with Crippen LogP contribution < -0.4 is 4.74 Å². The van der Waals surface area contributed by atoms with Crippen LogP contribution in [0.2, 0.25) is 0 Å². The maximum Gasteiger partial charge on any atom is 0.338 e. The van der Waals surface area contributed by atoms with Crippen LogP contribution in [-0.4, -0.2) is 22.1 Å². The van der Waals surface area contributed by atoms with Crippen molar-refractivity contribution in [1.29, 1.82) is 0 Å². The van der Waals surface area contributed by atoms with Crippen molar-refractivity contribution in [3.05, 3.63) is 48.0 Å². The minimum Gasteiger partial charge on any atom is -0.486 e. The lowest BCUT2D eigenvalue weighted by atomic mass is 10.2. The number of aromatic nitrogens is 2. The number of ether oxygens (including phenoxy) is 2. The van der Waals surface area contributed by atoms with E-state index in [-0.39, 0.29) is 5.97 Å². The second-order valence-electron chi connectivity index (χ2n) is 4.16. The van der Waals surface area contributed by atoms with Crippen LogP contribution in [0.3, 0.4) is 0 Å². The molecular formula is C15H18N2O3. The van der Waals surface area contributed by atoms with Crippen LogP contribution >= 0.6 is 0 Å². The fourth-order valence-electron chi connectivity index (χ4n) is 1.82. The molecule has 0 bridgehead atoms. The fraction of sp³-hybridized carbons (Fsp3) is 0.333. The molecule has 0 N–H and O–H groups in total. The van der Waals surface area contributed by atoms with Crippen LogP contribution in [0.5, 0.6) is 5.75 Å². The molecule has 2 aromatic rings. The first-order valence-corrected chi connectivity index (χ1v) is 6.64. The Bertz CT molecular complexity index is 561. The highest BCUT2D eigenvalue weighted by molar-refractivity contribution is 5.89. The van der Waals surface area contributed by atoms with Gasteiger partial charge in [-0.15, -0.1) is 0 Å². The van der Waals surface area contributed by atoms with E-state index in [2.05, 4.69) is 11.9 Å². The molecular weight excluding hydrogens is 256 g/mol. The summed E-state index contributed by atoms with van der Waals surface area (Å²) in [6, 6.07) is 6.90. The van der Waals surface area contributed by atoms with Gasteiger partial charge >= 0.3 is 5.97 Å². The van der Waals surface area contributed by atoms with E-state index in [1.54, 1.807) is 37.4 Å². The molecule has 0 aliphatic heterocycles. The predicted octanol–water partition coefficient (Wildman–Crippen LogP) is 2.66. The van der Waals surface area contributed by atoms with Gasteiger partial charge in [-0.1, -0.05) is 0 Å². The molecule has 0 aliphatic carbocycles. The fourth-order valence-corrected chi connectivity index (χ4v) is 1.82. The highest BCUT2D eigenvalue weighted by atomic mass is 16.5. The summed E-state index contributed by atoms with van der Waals surface area (Å²) < 4.78 is 12.6. The van der Waals surface area contributed by atoms with Gasteiger partial charge in [0.1, 0.15) is 18.2 Å². The van der Waals surface area contributed by atoms with Crippen molar-refractivity contribution in [1.82, 2.24) is 9.55 Å². The van der Waals surface area contributed by atoms with Crippen molar-refractivity contribution >= 4 is 5.97 Å². The molecule has 106 valence electrons. The number of imidazole rings is 1. The Labute approximate surface area is 118 Å². The van der Waals surface area contributed by atoms with Gasteiger partial charge in [-0.25, -0.2) is 9.78 Å². The topological polar surface area (TPSA) is 53.4 Å². The van der Waals surface area contributed by atoms with E-state index in [0.29, 0.717) is 24.5 Å². The number of nitrogens with zero attached hydrogens (tertiary/aromatic N) is 2. The number of aryl methyl sites for hydroxylation is 1. The monoisotopic (exact) mass is 274 g/mol. The van der Waals surface area contributed by atoms with Crippen LogP contribution in [-0.2, 0) is 17.9 Å². The Morgan fingerprint density at radius 1 is 1.25 bits per heavy atom. The maximum absolute atomic E-state index is 11.5. The van der Waals surface area contributed by atoms with Crippen LogP contribution in [0, 0.1) is 0 Å². The summed E-state index contributed by atoms with van der Waals surface area (Å²) >= 11 is 0. The summed E-state index contributed by atoms with van der Waals surface area (Å²) in [5.74, 6) is 1.26. The van der Waals surface area contributed by atoms with E-state index in [1.165, 1.54) is 0 Å². The molecule has 0 aliphatic rings. The van der Waals surface area contributed by atoms with E-state index in [0.717, 1.165) is 12.4 Å². The average Bonchev–Trinajstić information content (AvgIpc) is 2.93. The van der Waals surface area contributed by atoms with Gasteiger partial charge in [0.25, 0.3) is 0 Å². The van der Waals surface area contributed by atoms with Crippen molar-refractivity contribution < 1.29 is 14.3 Å². The molecule has 0 fully saturated rings. The first-order chi connectivity index (χ1) is 9.74. The molecule has 2 rings (SSSR count). The van der Waals surface area contributed by atoms with Gasteiger partial charge in [0, 0.05) is 18.9 Å². The third-order valence-corrected chi connectivity index (χ3v) is 2.88. The number of carbonyl (C=O) groups is 1. The van der Waals surface area contributed by atoms with Crippen LogP contribution in [0.1, 0.15) is 30.0 Å². The van der Waals surface area contributed by atoms with Gasteiger partial charge in [-0.2, -0.15) is 0 Å². The summed E-state index contributed by atoms with van der Waals surface area (Å²) in [6.07, 6.45) is 3.68. The number of carbonyl (C=O) groups excluding carboxylic acids is 1. The quantitative estimate of drug-likeness (QED) is 0.760. The van der Waals surface area contributed by atoms with Crippen molar-refractivity contribution in [2.45, 2.75) is 27.0 Å². The van der Waals surface area contributed by atoms with E-state index in [9.17, 15) is 4.79 Å². The zero-order chi connectivity index (χ0) is 14.4. The molecule has 0 saturated heterocycles. The standard InChI is InChI=1S/C15H18N2O3/c1-3-17-10-9-16-14(17)11-20-13-7-5-12(6-8-13)15(18)19-4-2/h5-10H,3-4,11H2,1-2H3. The van der Waals surface area contributed by atoms with E-state index in [1.807, 2.05) is 10.8 Å².